The van der Waals surface area contributed by atoms with Gasteiger partial charge in [0, 0.05) is 18.0 Å². The topological polar surface area (TPSA) is 20.3 Å². The van der Waals surface area contributed by atoms with Gasteiger partial charge in [0.15, 0.2) is 0 Å². The third-order valence-corrected chi connectivity index (χ3v) is 4.38. The average Bonchev–Trinajstić information content (AvgIpc) is 2.75. The molecule has 1 saturated carbocycles. The van der Waals surface area contributed by atoms with Crippen LogP contribution in [-0.4, -0.2) is 23.9 Å². The Morgan fingerprint density at radius 1 is 1.38 bits per heavy atom. The number of amides is 1. The van der Waals surface area contributed by atoms with E-state index in [1.54, 1.807) is 11.3 Å². The Morgan fingerprint density at radius 3 is 2.62 bits per heavy atom. The van der Waals surface area contributed by atoms with Crippen molar-refractivity contribution in [2.24, 2.45) is 0 Å². The molecule has 0 bridgehead atoms. The molecule has 88 valence electrons. The Bertz CT molecular complexity index is 366. The Morgan fingerprint density at radius 2 is 2.06 bits per heavy atom. The summed E-state index contributed by atoms with van der Waals surface area (Å²) in [5.41, 5.74) is 0.887. The molecular weight excluding hydrogens is 218 g/mol. The van der Waals surface area contributed by atoms with E-state index >= 15 is 0 Å². The summed E-state index contributed by atoms with van der Waals surface area (Å²) in [4.78, 5) is 15.3. The standard InChI is InChI=1S/C13H19NOS/c1-10-12(8-9-16-10)13(15)14(2)11-6-4-3-5-7-11/h8-9,11H,3-7H2,1-2H3. The van der Waals surface area contributed by atoms with Crippen LogP contribution >= 0.6 is 11.3 Å². The third kappa shape index (κ3) is 2.29. The maximum atomic E-state index is 12.3. The Labute approximate surface area is 101 Å². The first-order valence-electron chi connectivity index (χ1n) is 6.01. The Kier molecular flexibility index (Phi) is 3.64. The van der Waals surface area contributed by atoms with Crippen molar-refractivity contribution >= 4 is 17.2 Å². The quantitative estimate of drug-likeness (QED) is 0.771. The second-order valence-electron chi connectivity index (χ2n) is 4.60. The van der Waals surface area contributed by atoms with Gasteiger partial charge in [0.2, 0.25) is 0 Å². The van der Waals surface area contributed by atoms with Crippen molar-refractivity contribution < 1.29 is 4.79 Å². The van der Waals surface area contributed by atoms with Crippen molar-refractivity contribution in [2.45, 2.75) is 45.1 Å². The summed E-state index contributed by atoms with van der Waals surface area (Å²) in [5.74, 6) is 0.200. The van der Waals surface area contributed by atoms with Gasteiger partial charge in [-0.25, -0.2) is 0 Å². The zero-order chi connectivity index (χ0) is 11.5. The number of aryl methyl sites for hydroxylation is 1. The minimum atomic E-state index is 0.200. The molecule has 0 N–H and O–H groups in total. The number of carbonyl (C=O) groups excluding carboxylic acids is 1. The van der Waals surface area contributed by atoms with E-state index in [0.29, 0.717) is 6.04 Å². The highest BCUT2D eigenvalue weighted by Crippen LogP contribution is 2.24. The maximum Gasteiger partial charge on any atom is 0.254 e. The molecule has 0 atom stereocenters. The van der Waals surface area contributed by atoms with E-state index in [1.165, 1.54) is 32.1 Å². The fraction of sp³-hybridized carbons (Fsp3) is 0.615. The molecule has 1 aliphatic carbocycles. The van der Waals surface area contributed by atoms with E-state index in [4.69, 9.17) is 0 Å². The van der Waals surface area contributed by atoms with E-state index < -0.39 is 0 Å². The van der Waals surface area contributed by atoms with Gasteiger partial charge in [-0.05, 0) is 31.2 Å². The molecule has 0 radical (unpaired) electrons. The minimum Gasteiger partial charge on any atom is -0.339 e. The minimum absolute atomic E-state index is 0.200. The third-order valence-electron chi connectivity index (χ3n) is 3.53. The fourth-order valence-electron chi connectivity index (χ4n) is 2.43. The predicted octanol–water partition coefficient (Wildman–Crippen LogP) is 3.46. The van der Waals surface area contributed by atoms with Crippen molar-refractivity contribution in [1.29, 1.82) is 0 Å². The smallest absolute Gasteiger partial charge is 0.254 e. The van der Waals surface area contributed by atoms with Gasteiger partial charge in [0.1, 0.15) is 0 Å². The SMILES string of the molecule is Cc1sccc1C(=O)N(C)C1CCCCC1. The van der Waals surface area contributed by atoms with Crippen molar-refractivity contribution in [2.75, 3.05) is 7.05 Å². The first-order valence-corrected chi connectivity index (χ1v) is 6.89. The lowest BCUT2D eigenvalue weighted by atomic mass is 9.94. The van der Waals surface area contributed by atoms with Crippen LogP contribution in [0.2, 0.25) is 0 Å². The summed E-state index contributed by atoms with van der Waals surface area (Å²) in [5, 5.41) is 2.00. The average molecular weight is 237 g/mol. The molecule has 0 aromatic carbocycles. The summed E-state index contributed by atoms with van der Waals surface area (Å²) in [6, 6.07) is 2.40. The second-order valence-corrected chi connectivity index (χ2v) is 5.72. The van der Waals surface area contributed by atoms with E-state index in [1.807, 2.05) is 30.3 Å². The molecule has 1 fully saturated rings. The van der Waals surface area contributed by atoms with Crippen LogP contribution in [0, 0.1) is 6.92 Å². The number of hydrogen-bond donors (Lipinski definition) is 0. The number of carbonyl (C=O) groups is 1. The molecule has 2 nitrogen and oxygen atoms in total. The Balaban J connectivity index is 2.06. The first kappa shape index (κ1) is 11.6. The van der Waals surface area contributed by atoms with Crippen LogP contribution < -0.4 is 0 Å². The first-order chi connectivity index (χ1) is 7.70. The zero-order valence-corrected chi connectivity index (χ0v) is 10.8. The van der Waals surface area contributed by atoms with E-state index in [9.17, 15) is 4.79 Å². The highest BCUT2D eigenvalue weighted by atomic mass is 32.1. The van der Waals surface area contributed by atoms with Gasteiger partial charge in [0.05, 0.1) is 5.56 Å². The molecule has 0 spiro atoms. The number of thiophene rings is 1. The van der Waals surface area contributed by atoms with Crippen LogP contribution in [0.25, 0.3) is 0 Å². The summed E-state index contributed by atoms with van der Waals surface area (Å²) in [6.45, 7) is 2.02. The summed E-state index contributed by atoms with van der Waals surface area (Å²) in [6.07, 6.45) is 6.21. The molecule has 1 heterocycles. The van der Waals surface area contributed by atoms with Crippen LogP contribution in [-0.2, 0) is 0 Å². The molecule has 1 aromatic rings. The highest BCUT2D eigenvalue weighted by molar-refractivity contribution is 7.10. The lowest BCUT2D eigenvalue weighted by molar-refractivity contribution is 0.0696. The van der Waals surface area contributed by atoms with E-state index in [0.717, 1.165) is 10.4 Å². The number of nitrogens with zero attached hydrogens (tertiary/aromatic N) is 1. The number of hydrogen-bond acceptors (Lipinski definition) is 2. The molecule has 0 aliphatic heterocycles. The van der Waals surface area contributed by atoms with Gasteiger partial charge >= 0.3 is 0 Å². The lowest BCUT2D eigenvalue weighted by Gasteiger charge is -2.31. The molecule has 1 amide bonds. The Hall–Kier alpha value is -0.830. The van der Waals surface area contributed by atoms with Gasteiger partial charge in [-0.3, -0.25) is 4.79 Å². The molecule has 0 unspecified atom stereocenters. The second kappa shape index (κ2) is 5.00. The predicted molar refractivity (Wildman–Crippen MR) is 68.0 cm³/mol. The molecular formula is C13H19NOS. The van der Waals surface area contributed by atoms with Crippen molar-refractivity contribution in [3.05, 3.63) is 21.9 Å². The molecule has 0 saturated heterocycles. The maximum absolute atomic E-state index is 12.3. The summed E-state index contributed by atoms with van der Waals surface area (Å²) < 4.78 is 0. The molecule has 16 heavy (non-hydrogen) atoms. The van der Waals surface area contributed by atoms with Crippen LogP contribution in [0.4, 0.5) is 0 Å². The highest BCUT2D eigenvalue weighted by Gasteiger charge is 2.23. The van der Waals surface area contributed by atoms with Gasteiger partial charge in [0.25, 0.3) is 5.91 Å². The zero-order valence-electron chi connectivity index (χ0n) is 10.0. The monoisotopic (exact) mass is 237 g/mol. The van der Waals surface area contributed by atoms with Crippen LogP contribution in [0.1, 0.15) is 47.3 Å². The molecule has 1 aliphatic rings. The van der Waals surface area contributed by atoms with Crippen LogP contribution in [0.5, 0.6) is 0 Å². The van der Waals surface area contributed by atoms with Crippen LogP contribution in [0.15, 0.2) is 11.4 Å². The van der Waals surface area contributed by atoms with Crippen LogP contribution in [0.3, 0.4) is 0 Å². The number of rotatable bonds is 2. The fourth-order valence-corrected chi connectivity index (χ4v) is 3.12. The van der Waals surface area contributed by atoms with Gasteiger partial charge in [-0.15, -0.1) is 11.3 Å². The summed E-state index contributed by atoms with van der Waals surface area (Å²) >= 11 is 1.65. The van der Waals surface area contributed by atoms with Crippen molar-refractivity contribution in [1.82, 2.24) is 4.90 Å². The molecule has 2 rings (SSSR count). The van der Waals surface area contributed by atoms with Gasteiger partial charge in [-0.2, -0.15) is 0 Å². The van der Waals surface area contributed by atoms with E-state index in [-0.39, 0.29) is 5.91 Å². The summed E-state index contributed by atoms with van der Waals surface area (Å²) in [7, 11) is 1.95. The van der Waals surface area contributed by atoms with Gasteiger partial charge in [-0.1, -0.05) is 19.3 Å². The van der Waals surface area contributed by atoms with Crippen molar-refractivity contribution in [3.8, 4) is 0 Å². The van der Waals surface area contributed by atoms with Gasteiger partial charge < -0.3 is 4.90 Å². The largest absolute Gasteiger partial charge is 0.339 e. The normalized spacial score (nSPS) is 17.4. The lowest BCUT2D eigenvalue weighted by Crippen LogP contribution is -2.38. The molecule has 3 heteroatoms. The molecule has 1 aromatic heterocycles. The van der Waals surface area contributed by atoms with Crippen molar-refractivity contribution in [3.63, 3.8) is 0 Å². The van der Waals surface area contributed by atoms with E-state index in [2.05, 4.69) is 0 Å².